The first kappa shape index (κ1) is 12.2. The molecular weight excluding hydrogens is 253 g/mol. The quantitative estimate of drug-likeness (QED) is 0.773. The number of ether oxygens (including phenoxy) is 1. The number of hydrogen-bond donors (Lipinski definition) is 2. The lowest BCUT2D eigenvalue weighted by Crippen LogP contribution is -2.28. The third kappa shape index (κ3) is 1.92. The molecule has 3 rings (SSSR count). The van der Waals surface area contributed by atoms with Crippen molar-refractivity contribution in [3.8, 4) is 0 Å². The van der Waals surface area contributed by atoms with Crippen LogP contribution >= 0.6 is 0 Å². The molecule has 1 fully saturated rings. The fourth-order valence-corrected chi connectivity index (χ4v) is 2.31. The molecule has 1 aliphatic heterocycles. The van der Waals surface area contributed by atoms with Gasteiger partial charge in [-0.1, -0.05) is 0 Å². The van der Waals surface area contributed by atoms with Crippen molar-refractivity contribution in [2.45, 2.75) is 31.6 Å². The second kappa shape index (κ2) is 4.10. The SMILES string of the molecule is C[C@@]1(CO)CC[C@H](n2cnc3c(N)nc(F)nc32)O1. The smallest absolute Gasteiger partial charge is 0.312 e. The zero-order chi connectivity index (χ0) is 13.6. The minimum absolute atomic E-state index is 0.00386. The van der Waals surface area contributed by atoms with Gasteiger partial charge in [-0.05, 0) is 19.8 Å². The molecule has 2 aromatic rings. The molecule has 0 bridgehead atoms. The van der Waals surface area contributed by atoms with Crippen LogP contribution in [0.15, 0.2) is 6.33 Å². The fraction of sp³-hybridized carbons (Fsp3) is 0.545. The summed E-state index contributed by atoms with van der Waals surface area (Å²) in [6.07, 6.45) is 1.67. The molecule has 1 aliphatic rings. The molecule has 0 aliphatic carbocycles. The minimum Gasteiger partial charge on any atom is -0.393 e. The highest BCUT2D eigenvalue weighted by molar-refractivity contribution is 5.81. The van der Waals surface area contributed by atoms with Gasteiger partial charge in [-0.3, -0.25) is 4.57 Å². The predicted octanol–water partition coefficient (Wildman–Crippen LogP) is 0.608. The Morgan fingerprint density at radius 2 is 2.42 bits per heavy atom. The molecule has 102 valence electrons. The second-order valence-corrected chi connectivity index (χ2v) is 4.92. The highest BCUT2D eigenvalue weighted by atomic mass is 19.1. The van der Waals surface area contributed by atoms with Crippen LogP contribution in [0.1, 0.15) is 26.0 Å². The highest BCUT2D eigenvalue weighted by Crippen LogP contribution is 2.37. The van der Waals surface area contributed by atoms with Crippen LogP contribution in [0.25, 0.3) is 11.2 Å². The summed E-state index contributed by atoms with van der Waals surface area (Å²) in [6.45, 7) is 1.76. The van der Waals surface area contributed by atoms with E-state index in [4.69, 9.17) is 10.5 Å². The van der Waals surface area contributed by atoms with E-state index in [1.807, 2.05) is 6.92 Å². The van der Waals surface area contributed by atoms with Crippen molar-refractivity contribution in [2.75, 3.05) is 12.3 Å². The molecule has 0 spiro atoms. The molecule has 8 heteroatoms. The molecule has 0 aromatic carbocycles. The number of nitrogens with zero attached hydrogens (tertiary/aromatic N) is 4. The van der Waals surface area contributed by atoms with E-state index >= 15 is 0 Å². The van der Waals surface area contributed by atoms with Crippen molar-refractivity contribution in [1.82, 2.24) is 19.5 Å². The summed E-state index contributed by atoms with van der Waals surface area (Å²) in [6, 6.07) is 0. The van der Waals surface area contributed by atoms with Crippen molar-refractivity contribution in [3.05, 3.63) is 12.4 Å². The van der Waals surface area contributed by atoms with Crippen LogP contribution in [0, 0.1) is 6.08 Å². The monoisotopic (exact) mass is 267 g/mol. The molecule has 0 unspecified atom stereocenters. The number of rotatable bonds is 2. The van der Waals surface area contributed by atoms with E-state index in [-0.39, 0.29) is 18.7 Å². The number of aliphatic hydroxyl groups excluding tert-OH is 1. The predicted molar refractivity (Wildman–Crippen MR) is 64.5 cm³/mol. The third-order valence-corrected chi connectivity index (χ3v) is 3.41. The molecule has 2 atom stereocenters. The van der Waals surface area contributed by atoms with Gasteiger partial charge >= 0.3 is 6.08 Å². The van der Waals surface area contributed by atoms with Gasteiger partial charge in [0.2, 0.25) is 0 Å². The number of anilines is 1. The van der Waals surface area contributed by atoms with E-state index in [1.54, 1.807) is 4.57 Å². The Morgan fingerprint density at radius 3 is 3.11 bits per heavy atom. The van der Waals surface area contributed by atoms with Gasteiger partial charge in [0.05, 0.1) is 18.5 Å². The normalized spacial score (nSPS) is 27.2. The van der Waals surface area contributed by atoms with Crippen LogP contribution in [-0.2, 0) is 4.74 Å². The summed E-state index contributed by atoms with van der Waals surface area (Å²) >= 11 is 0. The van der Waals surface area contributed by atoms with Crippen molar-refractivity contribution in [3.63, 3.8) is 0 Å². The van der Waals surface area contributed by atoms with E-state index in [1.165, 1.54) is 6.33 Å². The van der Waals surface area contributed by atoms with Crippen LogP contribution in [0.2, 0.25) is 0 Å². The summed E-state index contributed by atoms with van der Waals surface area (Å²) in [4.78, 5) is 11.2. The second-order valence-electron chi connectivity index (χ2n) is 4.92. The lowest BCUT2D eigenvalue weighted by Gasteiger charge is -2.22. The number of nitrogens with two attached hydrogens (primary N) is 1. The first-order chi connectivity index (χ1) is 9.02. The van der Waals surface area contributed by atoms with Gasteiger partial charge < -0.3 is 15.6 Å². The lowest BCUT2D eigenvalue weighted by atomic mass is 10.0. The largest absolute Gasteiger partial charge is 0.393 e. The van der Waals surface area contributed by atoms with Gasteiger partial charge in [-0.25, -0.2) is 4.98 Å². The summed E-state index contributed by atoms with van der Waals surface area (Å²) < 4.78 is 20.6. The van der Waals surface area contributed by atoms with Crippen molar-refractivity contribution < 1.29 is 14.2 Å². The Balaban J connectivity index is 2.03. The minimum atomic E-state index is -0.894. The number of nitrogen functional groups attached to an aromatic ring is 1. The Kier molecular flexibility index (Phi) is 2.64. The highest BCUT2D eigenvalue weighted by Gasteiger charge is 2.37. The van der Waals surface area contributed by atoms with Crippen LogP contribution in [0.5, 0.6) is 0 Å². The first-order valence-electron chi connectivity index (χ1n) is 5.97. The van der Waals surface area contributed by atoms with Crippen LogP contribution in [0.4, 0.5) is 10.2 Å². The number of imidazole rings is 1. The number of hydrogen-bond acceptors (Lipinski definition) is 6. The molecule has 0 amide bonds. The lowest BCUT2D eigenvalue weighted by molar-refractivity contribution is -0.0854. The average molecular weight is 267 g/mol. The molecule has 3 heterocycles. The molecule has 1 saturated heterocycles. The zero-order valence-electron chi connectivity index (χ0n) is 10.4. The van der Waals surface area contributed by atoms with Gasteiger partial charge in [0.15, 0.2) is 17.0 Å². The maximum Gasteiger partial charge on any atom is 0.312 e. The maximum atomic E-state index is 13.2. The Bertz CT molecular complexity index is 631. The standard InChI is InChI=1S/C11H14FN5O2/c1-11(4-18)3-2-6(19-11)17-5-14-7-8(13)15-10(12)16-9(7)17/h5-6,18H,2-4H2,1H3,(H2,13,15,16)/t6-,11+/m1/s1. The third-order valence-electron chi connectivity index (χ3n) is 3.41. The summed E-state index contributed by atoms with van der Waals surface area (Å²) in [5.41, 5.74) is 5.67. The topological polar surface area (TPSA) is 99.1 Å². The fourth-order valence-electron chi connectivity index (χ4n) is 2.31. The molecule has 0 radical (unpaired) electrons. The van der Waals surface area contributed by atoms with Crippen molar-refractivity contribution >= 4 is 17.0 Å². The molecule has 0 saturated carbocycles. The van der Waals surface area contributed by atoms with Crippen LogP contribution < -0.4 is 5.73 Å². The van der Waals surface area contributed by atoms with Crippen molar-refractivity contribution in [1.29, 1.82) is 0 Å². The van der Waals surface area contributed by atoms with E-state index < -0.39 is 11.7 Å². The molecule has 19 heavy (non-hydrogen) atoms. The van der Waals surface area contributed by atoms with Crippen LogP contribution in [0.3, 0.4) is 0 Å². The number of halogens is 1. The van der Waals surface area contributed by atoms with Crippen LogP contribution in [-0.4, -0.2) is 36.8 Å². The molecule has 7 nitrogen and oxygen atoms in total. The summed E-state index contributed by atoms with van der Waals surface area (Å²) in [7, 11) is 0. The van der Waals surface area contributed by atoms with Gasteiger partial charge in [0, 0.05) is 0 Å². The number of aromatic nitrogens is 4. The molecular formula is C11H14FN5O2. The Morgan fingerprint density at radius 1 is 1.63 bits per heavy atom. The average Bonchev–Trinajstić information content (AvgIpc) is 2.94. The van der Waals surface area contributed by atoms with Crippen molar-refractivity contribution in [2.24, 2.45) is 0 Å². The zero-order valence-corrected chi connectivity index (χ0v) is 10.4. The van der Waals surface area contributed by atoms with E-state index in [0.29, 0.717) is 24.0 Å². The summed E-state index contributed by atoms with van der Waals surface area (Å²) in [5.74, 6) is 0.00386. The molecule has 3 N–H and O–H groups in total. The first-order valence-corrected chi connectivity index (χ1v) is 5.97. The molecule has 2 aromatic heterocycles. The number of fused-ring (bicyclic) bond motifs is 1. The van der Waals surface area contributed by atoms with Gasteiger partial charge in [-0.2, -0.15) is 14.4 Å². The number of aliphatic hydroxyl groups is 1. The van der Waals surface area contributed by atoms with Gasteiger partial charge in [0.25, 0.3) is 0 Å². The Labute approximate surface area is 108 Å². The Hall–Kier alpha value is -1.80. The van der Waals surface area contributed by atoms with Gasteiger partial charge in [-0.15, -0.1) is 0 Å². The summed E-state index contributed by atoms with van der Waals surface area (Å²) in [5, 5.41) is 9.29. The van der Waals surface area contributed by atoms with Gasteiger partial charge in [0.1, 0.15) is 6.23 Å². The maximum absolute atomic E-state index is 13.2. The van der Waals surface area contributed by atoms with E-state index in [9.17, 15) is 9.50 Å². The van der Waals surface area contributed by atoms with E-state index in [2.05, 4.69) is 15.0 Å². The van der Waals surface area contributed by atoms with E-state index in [0.717, 1.165) is 0 Å².